The maximum atomic E-state index is 10.5. The fourth-order valence-corrected chi connectivity index (χ4v) is 3.84. The maximum Gasteiger partial charge on any atom is 0.222 e. The minimum atomic E-state index is -0.584. The Hall–Kier alpha value is -2.87. The van der Waals surface area contributed by atoms with E-state index in [-0.39, 0.29) is 12.6 Å². The van der Waals surface area contributed by atoms with Gasteiger partial charge in [0.15, 0.2) is 11.5 Å². The second-order valence-corrected chi connectivity index (χ2v) is 8.17. The van der Waals surface area contributed by atoms with E-state index in [1.54, 1.807) is 18.9 Å². The molecule has 2 atom stereocenters. The molecule has 1 aromatic heterocycles. The Bertz CT molecular complexity index is 1010. The van der Waals surface area contributed by atoms with E-state index in [2.05, 4.69) is 18.7 Å². The van der Waals surface area contributed by atoms with Crippen molar-refractivity contribution in [2.75, 3.05) is 27.4 Å². The molecule has 0 radical (unpaired) electrons. The van der Waals surface area contributed by atoms with E-state index >= 15 is 0 Å². The van der Waals surface area contributed by atoms with Crippen molar-refractivity contribution in [1.29, 1.82) is 0 Å². The van der Waals surface area contributed by atoms with Crippen LogP contribution in [0.25, 0.3) is 11.3 Å². The van der Waals surface area contributed by atoms with Gasteiger partial charge in [-0.15, -0.1) is 0 Å². The summed E-state index contributed by atoms with van der Waals surface area (Å²) in [5.41, 5.74) is 2.83. The summed E-state index contributed by atoms with van der Waals surface area (Å²) in [5.74, 6) is 1.92. The van der Waals surface area contributed by atoms with Gasteiger partial charge < -0.3 is 19.3 Å². The fourth-order valence-electron chi connectivity index (χ4n) is 3.84. The molecule has 0 aliphatic carbocycles. The van der Waals surface area contributed by atoms with Gasteiger partial charge >= 0.3 is 0 Å². The van der Waals surface area contributed by atoms with Crippen molar-refractivity contribution in [2.24, 2.45) is 7.05 Å². The molecule has 3 rings (SSSR count). The van der Waals surface area contributed by atoms with Gasteiger partial charge in [-0.2, -0.15) is 5.10 Å². The van der Waals surface area contributed by atoms with Gasteiger partial charge in [0.25, 0.3) is 0 Å². The Morgan fingerprint density at radius 3 is 2.33 bits per heavy atom. The van der Waals surface area contributed by atoms with Gasteiger partial charge in [0.2, 0.25) is 5.88 Å². The van der Waals surface area contributed by atoms with E-state index in [4.69, 9.17) is 19.3 Å². The molecule has 0 aliphatic rings. The molecule has 1 heterocycles. The van der Waals surface area contributed by atoms with Crippen LogP contribution in [0.5, 0.6) is 17.4 Å². The topological polar surface area (TPSA) is 69.0 Å². The van der Waals surface area contributed by atoms with Crippen LogP contribution in [0.3, 0.4) is 0 Å². The van der Waals surface area contributed by atoms with E-state index in [1.807, 2.05) is 61.6 Å². The predicted molar refractivity (Wildman–Crippen MR) is 130 cm³/mol. The number of para-hydroxylation sites is 2. The lowest BCUT2D eigenvalue weighted by molar-refractivity contribution is 0.0253. The SMILES string of the molecule is CCC(C)N(Cc1c(-c2ccccc2)nn(C)c1Oc1ccccc1OC)CC(O)COC. The summed E-state index contributed by atoms with van der Waals surface area (Å²) in [5, 5.41) is 15.3. The molecule has 3 aromatic rings. The molecule has 0 aliphatic heterocycles. The molecule has 178 valence electrons. The number of hydrogen-bond acceptors (Lipinski definition) is 6. The first-order valence-electron chi connectivity index (χ1n) is 11.3. The van der Waals surface area contributed by atoms with Crippen LogP contribution in [-0.4, -0.2) is 59.3 Å². The van der Waals surface area contributed by atoms with Gasteiger partial charge in [0.05, 0.1) is 25.4 Å². The smallest absolute Gasteiger partial charge is 0.222 e. The molecular formula is C26H35N3O4. The number of nitrogens with zero attached hydrogens (tertiary/aromatic N) is 3. The molecule has 0 spiro atoms. The Morgan fingerprint density at radius 1 is 1.03 bits per heavy atom. The number of benzene rings is 2. The molecule has 7 nitrogen and oxygen atoms in total. The number of hydrogen-bond donors (Lipinski definition) is 1. The van der Waals surface area contributed by atoms with Crippen LogP contribution >= 0.6 is 0 Å². The third-order valence-electron chi connectivity index (χ3n) is 5.79. The number of aromatic nitrogens is 2. The van der Waals surface area contributed by atoms with Crippen molar-refractivity contribution in [3.63, 3.8) is 0 Å². The zero-order valence-corrected chi connectivity index (χ0v) is 20.2. The Kier molecular flexibility index (Phi) is 8.88. The lowest BCUT2D eigenvalue weighted by atomic mass is 10.1. The Balaban J connectivity index is 2.05. The lowest BCUT2D eigenvalue weighted by Crippen LogP contribution is -2.39. The van der Waals surface area contributed by atoms with Gasteiger partial charge in [-0.05, 0) is 25.5 Å². The van der Waals surface area contributed by atoms with Crippen LogP contribution in [0.2, 0.25) is 0 Å². The quantitative estimate of drug-likeness (QED) is 0.436. The van der Waals surface area contributed by atoms with Crippen molar-refractivity contribution < 1.29 is 19.3 Å². The molecule has 7 heteroatoms. The van der Waals surface area contributed by atoms with Crippen molar-refractivity contribution in [3.8, 4) is 28.6 Å². The molecule has 0 amide bonds. The molecule has 0 saturated heterocycles. The number of rotatable bonds is 12. The average molecular weight is 454 g/mol. The summed E-state index contributed by atoms with van der Waals surface area (Å²) < 4.78 is 18.8. The van der Waals surface area contributed by atoms with Gasteiger partial charge in [0.1, 0.15) is 5.69 Å². The molecule has 33 heavy (non-hydrogen) atoms. The molecule has 0 fully saturated rings. The molecule has 0 bridgehead atoms. The second kappa shape index (κ2) is 11.8. The normalized spacial score (nSPS) is 13.2. The van der Waals surface area contributed by atoms with Crippen LogP contribution < -0.4 is 9.47 Å². The summed E-state index contributed by atoms with van der Waals surface area (Å²) >= 11 is 0. The van der Waals surface area contributed by atoms with Crippen molar-refractivity contribution in [2.45, 2.75) is 39.0 Å². The van der Waals surface area contributed by atoms with E-state index in [0.717, 1.165) is 23.2 Å². The summed E-state index contributed by atoms with van der Waals surface area (Å²) in [6, 6.07) is 17.9. The third kappa shape index (κ3) is 6.13. The highest BCUT2D eigenvalue weighted by atomic mass is 16.5. The number of methoxy groups -OCH3 is 2. The largest absolute Gasteiger partial charge is 0.493 e. The van der Waals surface area contributed by atoms with Crippen LogP contribution in [-0.2, 0) is 18.3 Å². The molecule has 2 unspecified atom stereocenters. The van der Waals surface area contributed by atoms with E-state index in [9.17, 15) is 5.11 Å². The first-order valence-corrected chi connectivity index (χ1v) is 11.3. The number of ether oxygens (including phenoxy) is 3. The van der Waals surface area contributed by atoms with Crippen molar-refractivity contribution in [3.05, 3.63) is 60.2 Å². The van der Waals surface area contributed by atoms with E-state index < -0.39 is 6.10 Å². The minimum Gasteiger partial charge on any atom is -0.493 e. The van der Waals surface area contributed by atoms with Gasteiger partial charge in [0, 0.05) is 38.9 Å². The summed E-state index contributed by atoms with van der Waals surface area (Å²) in [7, 11) is 5.11. The standard InChI is InChI=1S/C26H35N3O4/c1-6-19(2)29(16-21(30)18-31-4)17-22-25(20-12-8-7-9-13-20)27-28(3)26(22)33-24-15-11-10-14-23(24)32-5/h7-15,19,21,30H,6,16-18H2,1-5H3. The molecular weight excluding hydrogens is 418 g/mol. The van der Waals surface area contributed by atoms with Gasteiger partial charge in [-0.1, -0.05) is 49.4 Å². The Morgan fingerprint density at radius 2 is 1.70 bits per heavy atom. The first-order chi connectivity index (χ1) is 16.0. The van der Waals surface area contributed by atoms with Crippen LogP contribution in [0.15, 0.2) is 54.6 Å². The molecule has 1 N–H and O–H groups in total. The summed E-state index contributed by atoms with van der Waals surface area (Å²) in [6.07, 6.45) is 0.364. The zero-order valence-electron chi connectivity index (χ0n) is 20.2. The van der Waals surface area contributed by atoms with Crippen LogP contribution in [0.4, 0.5) is 0 Å². The average Bonchev–Trinajstić information content (AvgIpc) is 3.14. The number of aliphatic hydroxyl groups excluding tert-OH is 1. The minimum absolute atomic E-state index is 0.249. The number of aliphatic hydroxyl groups is 1. The number of aryl methyl sites for hydroxylation is 1. The first kappa shape index (κ1) is 24.8. The molecule has 0 saturated carbocycles. The van der Waals surface area contributed by atoms with E-state index in [1.165, 1.54) is 0 Å². The summed E-state index contributed by atoms with van der Waals surface area (Å²) in [4.78, 5) is 2.25. The summed E-state index contributed by atoms with van der Waals surface area (Å²) in [6.45, 7) is 5.65. The van der Waals surface area contributed by atoms with Crippen LogP contribution in [0, 0.1) is 0 Å². The van der Waals surface area contributed by atoms with Crippen LogP contribution in [0.1, 0.15) is 25.8 Å². The molecule has 2 aromatic carbocycles. The Labute approximate surface area is 196 Å². The second-order valence-electron chi connectivity index (χ2n) is 8.17. The van der Waals surface area contributed by atoms with Crippen molar-refractivity contribution >= 4 is 0 Å². The highest BCUT2D eigenvalue weighted by molar-refractivity contribution is 5.66. The zero-order chi connectivity index (χ0) is 23.8. The van der Waals surface area contributed by atoms with Gasteiger partial charge in [-0.25, -0.2) is 4.68 Å². The fraction of sp³-hybridized carbons (Fsp3) is 0.423. The highest BCUT2D eigenvalue weighted by Gasteiger charge is 2.25. The van der Waals surface area contributed by atoms with E-state index in [0.29, 0.717) is 30.5 Å². The highest BCUT2D eigenvalue weighted by Crippen LogP contribution is 2.37. The maximum absolute atomic E-state index is 10.5. The van der Waals surface area contributed by atoms with Gasteiger partial charge in [-0.3, -0.25) is 4.90 Å². The third-order valence-corrected chi connectivity index (χ3v) is 5.79. The monoisotopic (exact) mass is 453 g/mol. The van der Waals surface area contributed by atoms with Crippen molar-refractivity contribution in [1.82, 2.24) is 14.7 Å². The lowest BCUT2D eigenvalue weighted by Gasteiger charge is -2.30. The predicted octanol–water partition coefficient (Wildman–Crippen LogP) is 4.50.